The number of aryl methyl sites for hydroxylation is 1. The summed E-state index contributed by atoms with van der Waals surface area (Å²) in [4.78, 5) is 14.5. The molecule has 1 saturated carbocycles. The molecule has 2 atom stereocenters. The van der Waals surface area contributed by atoms with E-state index in [0.717, 1.165) is 22.7 Å². The molecule has 1 fully saturated rings. The summed E-state index contributed by atoms with van der Waals surface area (Å²) in [6.45, 7) is 3.54. The number of aliphatic hydroxyl groups is 1. The van der Waals surface area contributed by atoms with Gasteiger partial charge in [-0.15, -0.1) is 0 Å². The molecule has 0 heterocycles. The molecule has 0 radical (unpaired) electrons. The van der Waals surface area contributed by atoms with E-state index in [-0.39, 0.29) is 16.8 Å². The van der Waals surface area contributed by atoms with Crippen molar-refractivity contribution in [3.8, 4) is 0 Å². The third-order valence-electron chi connectivity index (χ3n) is 4.89. The van der Waals surface area contributed by atoms with Crippen LogP contribution in [0.2, 0.25) is 0 Å². The number of benzene rings is 1. The summed E-state index contributed by atoms with van der Waals surface area (Å²) in [6, 6.07) is 2.94. The van der Waals surface area contributed by atoms with Crippen LogP contribution in [0.1, 0.15) is 40.7 Å². The smallest absolute Gasteiger partial charge is 0.253 e. The van der Waals surface area contributed by atoms with Crippen molar-refractivity contribution in [3.05, 3.63) is 28.8 Å². The molecule has 0 unspecified atom stereocenters. The second-order valence-electron chi connectivity index (χ2n) is 6.69. The van der Waals surface area contributed by atoms with Crippen molar-refractivity contribution in [2.75, 3.05) is 21.1 Å². The molecule has 1 aromatic rings. The first kappa shape index (κ1) is 18.9. The molecule has 0 bridgehead atoms. The molecule has 6 nitrogen and oxygen atoms in total. The second kappa shape index (κ2) is 6.82. The van der Waals surface area contributed by atoms with E-state index >= 15 is 0 Å². The number of nitrogens with zero attached hydrogens (tertiary/aromatic N) is 2. The van der Waals surface area contributed by atoms with Crippen LogP contribution >= 0.6 is 0 Å². The summed E-state index contributed by atoms with van der Waals surface area (Å²) < 4.78 is 26.2. The lowest BCUT2D eigenvalue weighted by Crippen LogP contribution is -2.41. The minimum atomic E-state index is -3.63. The minimum absolute atomic E-state index is 0.149. The topological polar surface area (TPSA) is 77.9 Å². The summed E-state index contributed by atoms with van der Waals surface area (Å²) in [6.07, 6.45) is 1.82. The molecule has 1 aliphatic carbocycles. The van der Waals surface area contributed by atoms with Crippen LogP contribution in [0, 0.1) is 13.8 Å². The molecule has 7 heteroatoms. The SMILES string of the molecule is Cc1cc(C(=O)N(C)[C@@H]2CCC[C@H]2O)cc(S(=O)(=O)N(C)C)c1C. The largest absolute Gasteiger partial charge is 0.391 e. The Bertz CT molecular complexity index is 743. The van der Waals surface area contributed by atoms with Gasteiger partial charge in [0.05, 0.1) is 17.0 Å². The normalized spacial score (nSPS) is 21.3. The van der Waals surface area contributed by atoms with Crippen LogP contribution in [0.3, 0.4) is 0 Å². The molecular formula is C17H26N2O4S. The molecule has 1 aromatic carbocycles. The number of aliphatic hydroxyl groups excluding tert-OH is 1. The average Bonchev–Trinajstić information content (AvgIpc) is 2.94. The minimum Gasteiger partial charge on any atom is -0.391 e. The van der Waals surface area contributed by atoms with Gasteiger partial charge in [0.1, 0.15) is 0 Å². The summed E-state index contributed by atoms with van der Waals surface area (Å²) in [5.41, 5.74) is 1.73. The Morgan fingerprint density at radius 3 is 2.29 bits per heavy atom. The first-order valence-electron chi connectivity index (χ1n) is 8.06. The van der Waals surface area contributed by atoms with Crippen LogP contribution in [0.25, 0.3) is 0 Å². The van der Waals surface area contributed by atoms with Gasteiger partial charge in [0.15, 0.2) is 0 Å². The van der Waals surface area contributed by atoms with Crippen LogP contribution < -0.4 is 0 Å². The van der Waals surface area contributed by atoms with Crippen LogP contribution in [0.5, 0.6) is 0 Å². The number of carbonyl (C=O) groups is 1. The zero-order chi connectivity index (χ0) is 18.2. The Morgan fingerprint density at radius 2 is 1.79 bits per heavy atom. The quantitative estimate of drug-likeness (QED) is 0.890. The van der Waals surface area contributed by atoms with Gasteiger partial charge in [-0.05, 0) is 56.4 Å². The number of amides is 1. The third-order valence-corrected chi connectivity index (χ3v) is 6.83. The van der Waals surface area contributed by atoms with Gasteiger partial charge >= 0.3 is 0 Å². The second-order valence-corrected chi connectivity index (χ2v) is 8.81. The Hall–Kier alpha value is -1.44. The average molecular weight is 354 g/mol. The first-order chi connectivity index (χ1) is 11.1. The maximum absolute atomic E-state index is 12.8. The van der Waals surface area contributed by atoms with E-state index in [1.807, 2.05) is 0 Å². The number of sulfonamides is 1. The van der Waals surface area contributed by atoms with Crippen molar-refractivity contribution < 1.29 is 18.3 Å². The number of carbonyl (C=O) groups excluding carboxylic acids is 1. The van der Waals surface area contributed by atoms with Crippen molar-refractivity contribution in [2.45, 2.75) is 50.2 Å². The molecule has 2 rings (SSSR count). The van der Waals surface area contributed by atoms with Crippen LogP contribution in [-0.2, 0) is 10.0 Å². The summed E-state index contributed by atoms with van der Waals surface area (Å²) >= 11 is 0. The van der Waals surface area contributed by atoms with E-state index in [1.54, 1.807) is 27.0 Å². The lowest BCUT2D eigenvalue weighted by atomic mass is 10.0. The predicted molar refractivity (Wildman–Crippen MR) is 92.5 cm³/mol. The number of hydrogen-bond acceptors (Lipinski definition) is 4. The highest BCUT2D eigenvalue weighted by Crippen LogP contribution is 2.27. The third kappa shape index (κ3) is 3.34. The van der Waals surface area contributed by atoms with E-state index in [0.29, 0.717) is 17.5 Å². The lowest BCUT2D eigenvalue weighted by molar-refractivity contribution is 0.0538. The van der Waals surface area contributed by atoms with E-state index in [2.05, 4.69) is 0 Å². The van der Waals surface area contributed by atoms with Crippen LogP contribution in [0.15, 0.2) is 17.0 Å². The first-order valence-corrected chi connectivity index (χ1v) is 9.50. The van der Waals surface area contributed by atoms with Gasteiger partial charge in [0, 0.05) is 26.7 Å². The van der Waals surface area contributed by atoms with Crippen LogP contribution in [-0.4, -0.2) is 61.9 Å². The number of hydrogen-bond donors (Lipinski definition) is 1. The molecule has 24 heavy (non-hydrogen) atoms. The van der Waals surface area contributed by atoms with E-state index in [4.69, 9.17) is 0 Å². The zero-order valence-corrected chi connectivity index (χ0v) is 15.7. The molecule has 1 aliphatic rings. The van der Waals surface area contributed by atoms with Gasteiger partial charge in [-0.2, -0.15) is 0 Å². The zero-order valence-electron chi connectivity index (χ0n) is 14.9. The highest BCUT2D eigenvalue weighted by atomic mass is 32.2. The van der Waals surface area contributed by atoms with Crippen molar-refractivity contribution in [3.63, 3.8) is 0 Å². The van der Waals surface area contributed by atoms with Gasteiger partial charge < -0.3 is 10.0 Å². The van der Waals surface area contributed by atoms with Gasteiger partial charge in [0.2, 0.25) is 10.0 Å². The van der Waals surface area contributed by atoms with Crippen molar-refractivity contribution >= 4 is 15.9 Å². The molecule has 0 saturated heterocycles. The number of rotatable bonds is 4. The molecule has 0 spiro atoms. The number of likely N-dealkylation sites (N-methyl/N-ethyl adjacent to an activating group) is 1. The summed E-state index contributed by atoms with van der Waals surface area (Å²) in [5.74, 6) is -0.265. The van der Waals surface area contributed by atoms with E-state index in [9.17, 15) is 18.3 Å². The van der Waals surface area contributed by atoms with E-state index < -0.39 is 16.1 Å². The van der Waals surface area contributed by atoms with Gasteiger partial charge in [-0.1, -0.05) is 0 Å². The van der Waals surface area contributed by atoms with Gasteiger partial charge in [0.25, 0.3) is 5.91 Å². The summed E-state index contributed by atoms with van der Waals surface area (Å²) in [5, 5.41) is 10.0. The molecular weight excluding hydrogens is 328 g/mol. The highest BCUT2D eigenvalue weighted by molar-refractivity contribution is 7.89. The van der Waals surface area contributed by atoms with E-state index in [1.165, 1.54) is 25.1 Å². The Labute approximate surface area is 144 Å². The highest BCUT2D eigenvalue weighted by Gasteiger charge is 2.32. The Balaban J connectivity index is 2.45. The van der Waals surface area contributed by atoms with Gasteiger partial charge in [-0.3, -0.25) is 4.79 Å². The summed E-state index contributed by atoms with van der Waals surface area (Å²) in [7, 11) is 0.979. The molecule has 1 N–H and O–H groups in total. The van der Waals surface area contributed by atoms with Crippen molar-refractivity contribution in [2.24, 2.45) is 0 Å². The Kier molecular flexibility index (Phi) is 5.37. The molecule has 0 aromatic heterocycles. The van der Waals surface area contributed by atoms with Crippen molar-refractivity contribution in [1.29, 1.82) is 0 Å². The fourth-order valence-corrected chi connectivity index (χ4v) is 4.36. The van der Waals surface area contributed by atoms with Crippen LogP contribution in [0.4, 0.5) is 0 Å². The monoisotopic (exact) mass is 354 g/mol. The lowest BCUT2D eigenvalue weighted by Gasteiger charge is -2.27. The standard InChI is InChI=1S/C17H26N2O4S/c1-11-9-13(10-16(12(11)2)24(22,23)18(3)4)17(21)19(5)14-7-6-8-15(14)20/h9-10,14-15,20H,6-8H2,1-5H3/t14-,15-/m1/s1. The predicted octanol–water partition coefficient (Wildman–Crippen LogP) is 1.54. The van der Waals surface area contributed by atoms with Crippen molar-refractivity contribution in [1.82, 2.24) is 9.21 Å². The molecule has 134 valence electrons. The Morgan fingerprint density at radius 1 is 1.17 bits per heavy atom. The fraction of sp³-hybridized carbons (Fsp3) is 0.588. The maximum Gasteiger partial charge on any atom is 0.253 e. The van der Waals surface area contributed by atoms with Gasteiger partial charge in [-0.25, -0.2) is 12.7 Å². The fourth-order valence-electron chi connectivity index (χ4n) is 3.14. The molecule has 0 aliphatic heterocycles. The maximum atomic E-state index is 12.8. The molecule has 1 amide bonds.